The van der Waals surface area contributed by atoms with Gasteiger partial charge < -0.3 is 10.1 Å². The molecule has 3 heteroatoms. The average Bonchev–Trinajstić information content (AvgIpc) is 2.40. The molecule has 1 N–H and O–H groups in total. The smallest absolute Gasteiger partial charge is 0.410 e. The molecule has 0 fully saturated rings. The first-order valence-electron chi connectivity index (χ1n) is 6.25. The minimum atomic E-state index is -0.445. The number of carbonyl (C=O) groups excluding carboxylic acids is 1. The number of hydrogen-bond donors (Lipinski definition) is 1. The molecule has 2 aromatic rings. The van der Waals surface area contributed by atoms with E-state index in [9.17, 15) is 4.79 Å². The van der Waals surface area contributed by atoms with Crippen molar-refractivity contribution < 1.29 is 9.53 Å². The van der Waals surface area contributed by atoms with Crippen molar-refractivity contribution in [1.82, 2.24) is 5.32 Å². The molecule has 0 radical (unpaired) electrons. The fraction of sp³-hybridized carbons (Fsp3) is 0.188. The Hall–Kier alpha value is -2.29. The van der Waals surface area contributed by atoms with Crippen molar-refractivity contribution in [3.8, 4) is 5.75 Å². The lowest BCUT2D eigenvalue weighted by atomic mass is 10.1. The standard InChI is InChI=1S/C16H17NO2/c1-12-8-10-14(11-9-12)13(2)17-16(18)19-15-6-4-3-5-7-15/h3-11,13H,1-2H3,(H,17,18)/t13-/m0/s1. The summed E-state index contributed by atoms with van der Waals surface area (Å²) in [4.78, 5) is 11.7. The van der Waals surface area contributed by atoms with Crippen molar-refractivity contribution in [2.75, 3.05) is 0 Å². The fourth-order valence-corrected chi connectivity index (χ4v) is 1.74. The van der Waals surface area contributed by atoms with Crippen LogP contribution in [0.2, 0.25) is 0 Å². The van der Waals surface area contributed by atoms with Crippen LogP contribution in [0, 0.1) is 6.92 Å². The van der Waals surface area contributed by atoms with Crippen molar-refractivity contribution in [2.24, 2.45) is 0 Å². The van der Waals surface area contributed by atoms with Crippen LogP contribution in [-0.2, 0) is 0 Å². The van der Waals surface area contributed by atoms with Gasteiger partial charge in [0.25, 0.3) is 0 Å². The van der Waals surface area contributed by atoms with Crippen LogP contribution in [0.25, 0.3) is 0 Å². The minimum absolute atomic E-state index is 0.0863. The van der Waals surface area contributed by atoms with Crippen molar-refractivity contribution in [3.63, 3.8) is 0 Å². The van der Waals surface area contributed by atoms with Gasteiger partial charge in [-0.3, -0.25) is 0 Å². The molecule has 0 aliphatic carbocycles. The number of nitrogens with one attached hydrogen (secondary N) is 1. The van der Waals surface area contributed by atoms with Crippen molar-refractivity contribution in [2.45, 2.75) is 19.9 Å². The molecule has 0 heterocycles. The first-order chi connectivity index (χ1) is 9.15. The van der Waals surface area contributed by atoms with E-state index in [2.05, 4.69) is 5.32 Å². The number of amides is 1. The fourth-order valence-electron chi connectivity index (χ4n) is 1.74. The summed E-state index contributed by atoms with van der Waals surface area (Å²) >= 11 is 0. The summed E-state index contributed by atoms with van der Waals surface area (Å²) in [6.07, 6.45) is -0.445. The molecule has 19 heavy (non-hydrogen) atoms. The maximum absolute atomic E-state index is 11.7. The second-order valence-corrected chi connectivity index (χ2v) is 4.48. The van der Waals surface area contributed by atoms with E-state index in [1.165, 1.54) is 5.56 Å². The molecular formula is C16H17NO2. The van der Waals surface area contributed by atoms with E-state index in [1.807, 2.05) is 56.3 Å². The third kappa shape index (κ3) is 3.85. The van der Waals surface area contributed by atoms with Crippen LogP contribution in [0.1, 0.15) is 24.1 Å². The summed E-state index contributed by atoms with van der Waals surface area (Å²) in [5.74, 6) is 0.538. The summed E-state index contributed by atoms with van der Waals surface area (Å²) in [5.41, 5.74) is 2.25. The van der Waals surface area contributed by atoms with Crippen molar-refractivity contribution in [1.29, 1.82) is 0 Å². The molecule has 0 aliphatic rings. The molecular weight excluding hydrogens is 238 g/mol. The molecule has 1 amide bonds. The highest BCUT2D eigenvalue weighted by Gasteiger charge is 2.10. The average molecular weight is 255 g/mol. The summed E-state index contributed by atoms with van der Waals surface area (Å²) in [6.45, 7) is 3.96. The largest absolute Gasteiger partial charge is 0.413 e. The minimum Gasteiger partial charge on any atom is -0.410 e. The lowest BCUT2D eigenvalue weighted by molar-refractivity contribution is 0.197. The molecule has 3 nitrogen and oxygen atoms in total. The number of benzene rings is 2. The number of para-hydroxylation sites is 1. The zero-order valence-corrected chi connectivity index (χ0v) is 11.1. The van der Waals surface area contributed by atoms with Crippen LogP contribution in [0.15, 0.2) is 54.6 Å². The Bertz CT molecular complexity index is 534. The second-order valence-electron chi connectivity index (χ2n) is 4.48. The lowest BCUT2D eigenvalue weighted by Gasteiger charge is -2.14. The van der Waals surface area contributed by atoms with E-state index >= 15 is 0 Å². The van der Waals surface area contributed by atoms with Crippen LogP contribution in [0.4, 0.5) is 4.79 Å². The van der Waals surface area contributed by atoms with E-state index in [0.717, 1.165) is 5.56 Å². The van der Waals surface area contributed by atoms with Crippen LogP contribution in [0.5, 0.6) is 5.75 Å². The van der Waals surface area contributed by atoms with E-state index in [1.54, 1.807) is 12.1 Å². The summed E-state index contributed by atoms with van der Waals surface area (Å²) in [6, 6.07) is 17.0. The third-order valence-electron chi connectivity index (χ3n) is 2.87. The molecule has 0 bridgehead atoms. The van der Waals surface area contributed by atoms with Gasteiger partial charge in [0, 0.05) is 0 Å². The molecule has 0 aliphatic heterocycles. The van der Waals surface area contributed by atoms with Gasteiger partial charge in [-0.2, -0.15) is 0 Å². The normalized spacial score (nSPS) is 11.7. The lowest BCUT2D eigenvalue weighted by Crippen LogP contribution is -2.29. The predicted octanol–water partition coefficient (Wildman–Crippen LogP) is 3.84. The molecule has 0 saturated carbocycles. The molecule has 2 aromatic carbocycles. The molecule has 2 rings (SSSR count). The van der Waals surface area contributed by atoms with Gasteiger partial charge in [0.1, 0.15) is 5.75 Å². The van der Waals surface area contributed by atoms with Gasteiger partial charge in [-0.15, -0.1) is 0 Å². The van der Waals surface area contributed by atoms with Gasteiger partial charge in [0.15, 0.2) is 0 Å². The van der Waals surface area contributed by atoms with Crippen LogP contribution < -0.4 is 10.1 Å². The van der Waals surface area contributed by atoms with Crippen molar-refractivity contribution >= 4 is 6.09 Å². The van der Waals surface area contributed by atoms with E-state index in [4.69, 9.17) is 4.74 Å². The summed E-state index contributed by atoms with van der Waals surface area (Å²) in [5, 5.41) is 2.80. The monoisotopic (exact) mass is 255 g/mol. The second kappa shape index (κ2) is 6.05. The summed E-state index contributed by atoms with van der Waals surface area (Å²) in [7, 11) is 0. The molecule has 0 unspecified atom stereocenters. The number of carbonyl (C=O) groups is 1. The van der Waals surface area contributed by atoms with E-state index < -0.39 is 6.09 Å². The zero-order chi connectivity index (χ0) is 13.7. The van der Waals surface area contributed by atoms with Gasteiger partial charge in [0.05, 0.1) is 6.04 Å². The quantitative estimate of drug-likeness (QED) is 0.904. The van der Waals surface area contributed by atoms with Crippen LogP contribution >= 0.6 is 0 Å². The molecule has 0 spiro atoms. The molecule has 98 valence electrons. The first kappa shape index (κ1) is 13.1. The Labute approximate surface area is 113 Å². The highest BCUT2D eigenvalue weighted by molar-refractivity contribution is 5.70. The summed E-state index contributed by atoms with van der Waals surface area (Å²) < 4.78 is 5.18. The van der Waals surface area contributed by atoms with Gasteiger partial charge in [-0.1, -0.05) is 48.0 Å². The third-order valence-corrected chi connectivity index (χ3v) is 2.87. The van der Waals surface area contributed by atoms with Gasteiger partial charge in [-0.05, 0) is 31.5 Å². The van der Waals surface area contributed by atoms with E-state index in [0.29, 0.717) is 5.75 Å². The predicted molar refractivity (Wildman–Crippen MR) is 75.2 cm³/mol. The topological polar surface area (TPSA) is 38.3 Å². The highest BCUT2D eigenvalue weighted by Crippen LogP contribution is 2.14. The zero-order valence-electron chi connectivity index (χ0n) is 11.1. The number of ether oxygens (including phenoxy) is 1. The Morgan fingerprint density at radius 1 is 1.05 bits per heavy atom. The number of aryl methyl sites for hydroxylation is 1. The molecule has 0 saturated heterocycles. The Balaban J connectivity index is 1.93. The maximum atomic E-state index is 11.7. The highest BCUT2D eigenvalue weighted by atomic mass is 16.6. The van der Waals surface area contributed by atoms with Gasteiger partial charge in [0.2, 0.25) is 0 Å². The van der Waals surface area contributed by atoms with E-state index in [-0.39, 0.29) is 6.04 Å². The maximum Gasteiger partial charge on any atom is 0.413 e. The number of hydrogen-bond acceptors (Lipinski definition) is 2. The Kier molecular flexibility index (Phi) is 4.18. The first-order valence-corrected chi connectivity index (χ1v) is 6.25. The van der Waals surface area contributed by atoms with Gasteiger partial charge in [-0.25, -0.2) is 4.79 Å². The van der Waals surface area contributed by atoms with Crippen LogP contribution in [-0.4, -0.2) is 6.09 Å². The van der Waals surface area contributed by atoms with Gasteiger partial charge >= 0.3 is 6.09 Å². The van der Waals surface area contributed by atoms with Crippen molar-refractivity contribution in [3.05, 3.63) is 65.7 Å². The Morgan fingerprint density at radius 3 is 2.32 bits per heavy atom. The molecule has 0 aromatic heterocycles. The molecule has 1 atom stereocenters. The number of rotatable bonds is 3. The van der Waals surface area contributed by atoms with Crippen LogP contribution in [0.3, 0.4) is 0 Å². The SMILES string of the molecule is Cc1ccc([C@H](C)NC(=O)Oc2ccccc2)cc1. The Morgan fingerprint density at radius 2 is 1.68 bits per heavy atom.